The van der Waals surface area contributed by atoms with Crippen molar-refractivity contribution in [2.75, 3.05) is 33.0 Å². The van der Waals surface area contributed by atoms with Crippen LogP contribution in [0.3, 0.4) is 0 Å². The van der Waals surface area contributed by atoms with Crippen molar-refractivity contribution in [3.8, 4) is 17.3 Å². The molecule has 1 amide bonds. The Balaban J connectivity index is 1.45. The summed E-state index contributed by atoms with van der Waals surface area (Å²) in [5, 5.41) is 10.4. The molecule has 1 saturated carbocycles. The van der Waals surface area contributed by atoms with E-state index in [2.05, 4.69) is 27.3 Å². The molecule has 2 aromatic heterocycles. The number of carbonyl (C=O) groups excluding carboxylic acids is 1. The van der Waals surface area contributed by atoms with Crippen LogP contribution in [0, 0.1) is 5.92 Å². The second kappa shape index (κ2) is 9.46. The monoisotopic (exact) mass is 505 g/mol. The number of aliphatic hydroxyl groups excluding tert-OH is 1. The standard InChI is InChI=1S/C28H32FN5O3/c1-32-23-11-18-7-8-33(16-20(30)14-29)28(36)21(18)13-22(23)31-27(32)24-12-19-3-2-4-25(37-10-9-35)26(19)34(24)15-17-5-6-17/h2-4,11-13,17,20,35H,5-10,14-16,30H2,1H3. The summed E-state index contributed by atoms with van der Waals surface area (Å²) >= 11 is 0. The Hall–Kier alpha value is -3.43. The highest BCUT2D eigenvalue weighted by molar-refractivity contribution is 6.01. The van der Waals surface area contributed by atoms with Gasteiger partial charge in [-0.05, 0) is 55.0 Å². The summed E-state index contributed by atoms with van der Waals surface area (Å²) in [5.41, 5.74) is 11.1. The molecule has 3 N–H and O–H groups in total. The number of amides is 1. The minimum Gasteiger partial charge on any atom is -0.489 e. The number of fused-ring (bicyclic) bond motifs is 3. The van der Waals surface area contributed by atoms with Gasteiger partial charge in [0.15, 0.2) is 5.82 Å². The molecule has 0 spiro atoms. The van der Waals surface area contributed by atoms with Crippen LogP contribution in [0.2, 0.25) is 0 Å². The molecule has 37 heavy (non-hydrogen) atoms. The van der Waals surface area contributed by atoms with E-state index >= 15 is 0 Å². The maximum atomic E-state index is 13.2. The number of aryl methyl sites for hydroxylation is 1. The van der Waals surface area contributed by atoms with Gasteiger partial charge in [0.05, 0.1) is 34.9 Å². The van der Waals surface area contributed by atoms with E-state index in [0.29, 0.717) is 24.4 Å². The number of carbonyl (C=O) groups is 1. The molecular weight excluding hydrogens is 473 g/mol. The zero-order valence-corrected chi connectivity index (χ0v) is 21.0. The Bertz CT molecular complexity index is 1490. The summed E-state index contributed by atoms with van der Waals surface area (Å²) in [6.07, 6.45) is 3.11. The Morgan fingerprint density at radius 2 is 2.11 bits per heavy atom. The number of para-hydroxylation sites is 1. The molecule has 194 valence electrons. The second-order valence-corrected chi connectivity index (χ2v) is 10.3. The lowest BCUT2D eigenvalue weighted by Gasteiger charge is -2.30. The van der Waals surface area contributed by atoms with Crippen molar-refractivity contribution in [2.45, 2.75) is 31.8 Å². The van der Waals surface area contributed by atoms with Crippen molar-refractivity contribution in [3.63, 3.8) is 0 Å². The number of nitrogens with two attached hydrogens (primary N) is 1. The van der Waals surface area contributed by atoms with Gasteiger partial charge < -0.3 is 29.6 Å². The van der Waals surface area contributed by atoms with Gasteiger partial charge in [-0.3, -0.25) is 4.79 Å². The molecule has 0 radical (unpaired) electrons. The summed E-state index contributed by atoms with van der Waals surface area (Å²) in [6.45, 7) is 1.16. The maximum Gasteiger partial charge on any atom is 0.254 e. The van der Waals surface area contributed by atoms with Crippen molar-refractivity contribution in [3.05, 3.63) is 47.5 Å². The maximum absolute atomic E-state index is 13.2. The van der Waals surface area contributed by atoms with E-state index in [0.717, 1.165) is 51.3 Å². The minimum absolute atomic E-state index is 0.0438. The normalized spacial score (nSPS) is 16.5. The number of aromatic nitrogens is 3. The fourth-order valence-electron chi connectivity index (χ4n) is 5.45. The number of hydrogen-bond donors (Lipinski definition) is 2. The van der Waals surface area contributed by atoms with Crippen molar-refractivity contribution < 1.29 is 19.0 Å². The average Bonchev–Trinajstić information content (AvgIpc) is 3.58. The molecule has 0 bridgehead atoms. The average molecular weight is 506 g/mol. The number of nitrogens with zero attached hydrogens (tertiary/aromatic N) is 4. The third kappa shape index (κ3) is 4.26. The van der Waals surface area contributed by atoms with Crippen LogP contribution in [0.4, 0.5) is 4.39 Å². The zero-order chi connectivity index (χ0) is 25.7. The Labute approximate surface area is 214 Å². The quantitative estimate of drug-likeness (QED) is 0.364. The number of alkyl halides is 1. The lowest BCUT2D eigenvalue weighted by Crippen LogP contribution is -2.45. The number of aliphatic hydroxyl groups is 1. The van der Waals surface area contributed by atoms with Crippen LogP contribution in [-0.2, 0) is 20.0 Å². The van der Waals surface area contributed by atoms with Crippen LogP contribution in [-0.4, -0.2) is 69.1 Å². The largest absolute Gasteiger partial charge is 0.489 e. The van der Waals surface area contributed by atoms with Gasteiger partial charge in [0, 0.05) is 37.6 Å². The van der Waals surface area contributed by atoms with Gasteiger partial charge in [-0.15, -0.1) is 0 Å². The predicted molar refractivity (Wildman–Crippen MR) is 141 cm³/mol. The number of ether oxygens (including phenoxy) is 1. The molecule has 4 aromatic rings. The third-order valence-electron chi connectivity index (χ3n) is 7.53. The lowest BCUT2D eigenvalue weighted by molar-refractivity contribution is 0.0725. The topological polar surface area (TPSA) is 98.5 Å². The molecule has 1 unspecified atom stereocenters. The molecular formula is C28H32FN5O3. The van der Waals surface area contributed by atoms with Gasteiger partial charge in [0.25, 0.3) is 5.91 Å². The molecule has 2 aliphatic rings. The molecule has 1 aliphatic heterocycles. The first-order chi connectivity index (χ1) is 18.0. The van der Waals surface area contributed by atoms with Gasteiger partial charge in [0.2, 0.25) is 0 Å². The highest BCUT2D eigenvalue weighted by Gasteiger charge is 2.29. The number of hydrogen-bond acceptors (Lipinski definition) is 5. The predicted octanol–water partition coefficient (Wildman–Crippen LogP) is 3.27. The zero-order valence-electron chi connectivity index (χ0n) is 21.0. The number of rotatable bonds is 9. The summed E-state index contributed by atoms with van der Waals surface area (Å²) in [7, 11) is 2.01. The Morgan fingerprint density at radius 3 is 2.86 bits per heavy atom. The van der Waals surface area contributed by atoms with Crippen LogP contribution < -0.4 is 10.5 Å². The molecule has 3 heterocycles. The van der Waals surface area contributed by atoms with Crippen LogP contribution in [0.1, 0.15) is 28.8 Å². The van der Waals surface area contributed by atoms with E-state index < -0.39 is 12.7 Å². The summed E-state index contributed by atoms with van der Waals surface area (Å²) in [4.78, 5) is 19.8. The van der Waals surface area contributed by atoms with E-state index in [4.69, 9.17) is 15.5 Å². The minimum atomic E-state index is -0.671. The Morgan fingerprint density at radius 1 is 1.27 bits per heavy atom. The number of imidazole rings is 1. The van der Waals surface area contributed by atoms with E-state index in [1.807, 2.05) is 25.2 Å². The first-order valence-corrected chi connectivity index (χ1v) is 12.9. The van der Waals surface area contributed by atoms with Crippen molar-refractivity contribution in [1.29, 1.82) is 0 Å². The van der Waals surface area contributed by atoms with E-state index in [9.17, 15) is 14.3 Å². The third-order valence-corrected chi connectivity index (χ3v) is 7.53. The fourth-order valence-corrected chi connectivity index (χ4v) is 5.45. The lowest BCUT2D eigenvalue weighted by atomic mass is 9.97. The molecule has 1 atom stereocenters. The molecule has 6 rings (SSSR count). The number of halogens is 1. The summed E-state index contributed by atoms with van der Waals surface area (Å²) in [6, 6.07) is 11.4. The van der Waals surface area contributed by atoms with Crippen molar-refractivity contribution in [1.82, 2.24) is 19.0 Å². The van der Waals surface area contributed by atoms with Crippen LogP contribution in [0.5, 0.6) is 5.75 Å². The molecule has 2 aromatic carbocycles. The SMILES string of the molecule is Cn1c(-c2cc3cccc(OCCO)c3n2CC2CC2)nc2cc3c(cc21)CCN(CC(N)CF)C3=O. The first-order valence-electron chi connectivity index (χ1n) is 12.9. The van der Waals surface area contributed by atoms with Crippen LogP contribution in [0.25, 0.3) is 33.5 Å². The number of benzene rings is 2. The van der Waals surface area contributed by atoms with E-state index in [1.54, 1.807) is 4.90 Å². The highest BCUT2D eigenvalue weighted by Crippen LogP contribution is 2.39. The van der Waals surface area contributed by atoms with Gasteiger partial charge >= 0.3 is 0 Å². The summed E-state index contributed by atoms with van der Waals surface area (Å²) in [5.74, 6) is 2.09. The second-order valence-electron chi connectivity index (χ2n) is 10.3. The Kier molecular flexibility index (Phi) is 6.12. The van der Waals surface area contributed by atoms with Gasteiger partial charge in [-0.25, -0.2) is 9.37 Å². The molecule has 0 saturated heterocycles. The van der Waals surface area contributed by atoms with Crippen LogP contribution >= 0.6 is 0 Å². The van der Waals surface area contributed by atoms with Crippen molar-refractivity contribution in [2.24, 2.45) is 18.7 Å². The van der Waals surface area contributed by atoms with Gasteiger partial charge in [-0.2, -0.15) is 0 Å². The summed E-state index contributed by atoms with van der Waals surface area (Å²) < 4.78 is 23.3. The molecule has 1 aliphatic carbocycles. The van der Waals surface area contributed by atoms with E-state index in [-0.39, 0.29) is 25.7 Å². The van der Waals surface area contributed by atoms with Gasteiger partial charge in [-0.1, -0.05) is 12.1 Å². The fraction of sp³-hybridized carbons (Fsp3) is 0.429. The smallest absolute Gasteiger partial charge is 0.254 e. The van der Waals surface area contributed by atoms with Crippen LogP contribution in [0.15, 0.2) is 36.4 Å². The molecule has 9 heteroatoms. The molecule has 1 fully saturated rings. The first kappa shape index (κ1) is 23.9. The molecule has 8 nitrogen and oxygen atoms in total. The van der Waals surface area contributed by atoms with Gasteiger partial charge in [0.1, 0.15) is 19.0 Å². The highest BCUT2D eigenvalue weighted by atomic mass is 19.1. The van der Waals surface area contributed by atoms with Crippen molar-refractivity contribution >= 4 is 27.8 Å². The van der Waals surface area contributed by atoms with E-state index in [1.165, 1.54) is 12.8 Å².